The molecule has 0 aromatic heterocycles. The Labute approximate surface area is 237 Å². The van der Waals surface area contributed by atoms with Gasteiger partial charge in [-0.3, -0.25) is 14.4 Å². The number of nitrogens with zero attached hydrogens (tertiary/aromatic N) is 1. The van der Waals surface area contributed by atoms with E-state index >= 15 is 0 Å². The summed E-state index contributed by atoms with van der Waals surface area (Å²) >= 11 is 0. The molecule has 1 aliphatic heterocycles. The molecule has 0 bridgehead atoms. The van der Waals surface area contributed by atoms with Crippen LogP contribution in [-0.4, -0.2) is 50.9 Å². The van der Waals surface area contributed by atoms with Gasteiger partial charge >= 0.3 is 0 Å². The van der Waals surface area contributed by atoms with Crippen LogP contribution in [0.2, 0.25) is 0 Å². The van der Waals surface area contributed by atoms with E-state index in [0.717, 1.165) is 6.26 Å². The Morgan fingerprint density at radius 3 is 2.49 bits per heavy atom. The lowest BCUT2D eigenvalue weighted by molar-refractivity contribution is -0.133. The monoisotopic (exact) mass is 582 g/mol. The molecule has 3 aromatic carbocycles. The van der Waals surface area contributed by atoms with Gasteiger partial charge in [0, 0.05) is 36.7 Å². The first-order valence-corrected chi connectivity index (χ1v) is 14.7. The molecule has 3 aromatic rings. The van der Waals surface area contributed by atoms with Crippen LogP contribution in [0.4, 0.5) is 15.8 Å². The van der Waals surface area contributed by atoms with Gasteiger partial charge in [0.25, 0.3) is 0 Å². The van der Waals surface area contributed by atoms with Crippen LogP contribution in [0.3, 0.4) is 0 Å². The first kappa shape index (κ1) is 29.5. The lowest BCUT2D eigenvalue weighted by atomic mass is 10.0. The number of carbonyl (C=O) groups excluding carboxylic acids is 3. The highest BCUT2D eigenvalue weighted by atomic mass is 32.2. The number of likely N-dealkylation sites (tertiary alicyclic amines) is 1. The zero-order valence-corrected chi connectivity index (χ0v) is 23.6. The van der Waals surface area contributed by atoms with Crippen LogP contribution in [0.15, 0.2) is 65.6 Å². The van der Waals surface area contributed by atoms with Gasteiger partial charge in [0.2, 0.25) is 17.7 Å². The first-order valence-electron chi connectivity index (χ1n) is 12.8. The summed E-state index contributed by atoms with van der Waals surface area (Å²) in [5.74, 6) is -2.05. The molecule has 2 atom stereocenters. The van der Waals surface area contributed by atoms with Gasteiger partial charge in [0.05, 0.1) is 18.0 Å². The molecule has 1 saturated heterocycles. The summed E-state index contributed by atoms with van der Waals surface area (Å²) < 4.78 is 44.9. The first-order chi connectivity index (χ1) is 19.4. The van der Waals surface area contributed by atoms with Gasteiger partial charge in [-0.1, -0.05) is 12.1 Å². The zero-order chi connectivity index (χ0) is 29.9. The van der Waals surface area contributed by atoms with Crippen molar-refractivity contribution in [1.82, 2.24) is 4.90 Å². The molecule has 216 valence electrons. The largest absolute Gasteiger partial charge is 0.494 e. The van der Waals surface area contributed by atoms with Gasteiger partial charge in [-0.05, 0) is 72.5 Å². The molecule has 1 fully saturated rings. The average Bonchev–Trinajstić information content (AvgIpc) is 3.41. The molecule has 4 rings (SSSR count). The molecule has 1 heterocycles. The number of amides is 3. The second-order valence-corrected chi connectivity index (χ2v) is 11.8. The van der Waals surface area contributed by atoms with Gasteiger partial charge in [0.15, 0.2) is 21.4 Å². The smallest absolute Gasteiger partial charge is 0.250 e. The lowest BCUT2D eigenvalue weighted by Gasteiger charge is -2.31. The highest BCUT2D eigenvalue weighted by Crippen LogP contribution is 2.39. The number of primary amides is 1. The molecule has 10 nitrogen and oxygen atoms in total. The van der Waals surface area contributed by atoms with Gasteiger partial charge in [-0.15, -0.1) is 0 Å². The molecule has 0 radical (unpaired) electrons. The van der Waals surface area contributed by atoms with Crippen LogP contribution in [0.5, 0.6) is 5.75 Å². The van der Waals surface area contributed by atoms with Crippen molar-refractivity contribution in [3.63, 3.8) is 0 Å². The van der Waals surface area contributed by atoms with E-state index in [4.69, 9.17) is 10.5 Å². The van der Waals surface area contributed by atoms with Gasteiger partial charge in [0.1, 0.15) is 6.04 Å². The van der Waals surface area contributed by atoms with Crippen LogP contribution in [0.25, 0.3) is 0 Å². The number of ether oxygens (including phenoxy) is 1. The predicted molar refractivity (Wildman–Crippen MR) is 152 cm³/mol. The van der Waals surface area contributed by atoms with Gasteiger partial charge in [-0.2, -0.15) is 0 Å². The SMILES string of the molecule is COc1cc([C@@H](Nc2cccc(C(N)=O)c2)C(=O)N2CCC[C@@H]2c2cc(NC(C)=O)ccc2S(C)(=O)=O)ccc1F. The quantitative estimate of drug-likeness (QED) is 0.348. The molecule has 0 aliphatic carbocycles. The van der Waals surface area contributed by atoms with Crippen molar-refractivity contribution in [2.24, 2.45) is 5.73 Å². The number of benzene rings is 3. The minimum atomic E-state index is -3.68. The van der Waals surface area contributed by atoms with Gasteiger partial charge < -0.3 is 26.0 Å². The molecule has 0 saturated carbocycles. The highest BCUT2D eigenvalue weighted by Gasteiger charge is 2.37. The predicted octanol–water partition coefficient (Wildman–Crippen LogP) is 3.81. The summed E-state index contributed by atoms with van der Waals surface area (Å²) in [4.78, 5) is 39.4. The highest BCUT2D eigenvalue weighted by molar-refractivity contribution is 7.90. The third-order valence-corrected chi connectivity index (χ3v) is 8.01. The number of rotatable bonds is 9. The number of hydrogen-bond acceptors (Lipinski definition) is 7. The molecule has 0 spiro atoms. The Hall–Kier alpha value is -4.45. The van der Waals surface area contributed by atoms with E-state index in [-0.39, 0.29) is 22.1 Å². The fraction of sp³-hybridized carbons (Fsp3) is 0.276. The fourth-order valence-electron chi connectivity index (χ4n) is 5.02. The number of anilines is 2. The molecule has 1 aliphatic rings. The van der Waals surface area contributed by atoms with E-state index in [9.17, 15) is 27.2 Å². The molecule has 3 amide bonds. The summed E-state index contributed by atoms with van der Waals surface area (Å²) in [6.45, 7) is 1.67. The maximum absolute atomic E-state index is 14.3. The standard InChI is InChI=1S/C29H31FN4O6S/c1-17(35)32-21-10-12-26(41(3,38)39)22(16-21)24-8-5-13-34(24)29(37)27(18-9-11-23(30)25(15-18)40-2)33-20-7-4-6-19(14-20)28(31)36/h4,6-7,9-12,14-16,24,27,33H,5,8,13H2,1-3H3,(H2,31,36)(H,32,35)/t24-,27-/m1/s1. The van der Waals surface area contributed by atoms with Crippen molar-refractivity contribution in [2.45, 2.75) is 36.7 Å². The molecule has 41 heavy (non-hydrogen) atoms. The van der Waals surface area contributed by atoms with Gasteiger partial charge in [-0.25, -0.2) is 12.8 Å². The fourth-order valence-corrected chi connectivity index (χ4v) is 5.96. The van der Waals surface area contributed by atoms with Crippen molar-refractivity contribution in [1.29, 1.82) is 0 Å². The van der Waals surface area contributed by atoms with Crippen molar-refractivity contribution in [3.05, 3.63) is 83.2 Å². The minimum absolute atomic E-state index is 0.0541. The van der Waals surface area contributed by atoms with Crippen molar-refractivity contribution >= 4 is 38.9 Å². The lowest BCUT2D eigenvalue weighted by Crippen LogP contribution is -2.38. The second kappa shape index (κ2) is 12.0. The second-order valence-electron chi connectivity index (χ2n) is 9.81. The number of hydrogen-bond donors (Lipinski definition) is 3. The van der Waals surface area contributed by atoms with Crippen molar-refractivity contribution < 1.29 is 31.9 Å². The number of methoxy groups -OCH3 is 1. The third kappa shape index (κ3) is 6.65. The Kier molecular flexibility index (Phi) is 8.62. The van der Waals surface area contributed by atoms with E-state index < -0.39 is 39.6 Å². The number of carbonyl (C=O) groups is 3. The van der Waals surface area contributed by atoms with E-state index in [1.54, 1.807) is 23.1 Å². The zero-order valence-electron chi connectivity index (χ0n) is 22.8. The molecule has 0 unspecified atom stereocenters. The molecule has 4 N–H and O–H groups in total. The molecule has 12 heteroatoms. The maximum Gasteiger partial charge on any atom is 0.250 e. The minimum Gasteiger partial charge on any atom is -0.494 e. The Balaban J connectivity index is 1.79. The van der Waals surface area contributed by atoms with Crippen molar-refractivity contribution in [2.75, 3.05) is 30.5 Å². The number of halogens is 1. The Morgan fingerprint density at radius 2 is 1.83 bits per heavy atom. The number of nitrogens with one attached hydrogen (secondary N) is 2. The van der Waals surface area contributed by atoms with Crippen LogP contribution in [0, 0.1) is 5.82 Å². The van der Waals surface area contributed by atoms with Crippen LogP contribution >= 0.6 is 0 Å². The van der Waals surface area contributed by atoms with E-state index in [1.807, 2.05) is 0 Å². The number of sulfone groups is 1. The summed E-state index contributed by atoms with van der Waals surface area (Å²) in [5.41, 5.74) is 7.26. The molecular weight excluding hydrogens is 551 g/mol. The average molecular weight is 583 g/mol. The normalized spacial score (nSPS) is 15.7. The maximum atomic E-state index is 14.3. The third-order valence-electron chi connectivity index (χ3n) is 6.84. The summed E-state index contributed by atoms with van der Waals surface area (Å²) in [7, 11) is -2.37. The Morgan fingerprint density at radius 1 is 1.07 bits per heavy atom. The topological polar surface area (TPSA) is 148 Å². The van der Waals surface area contributed by atoms with E-state index in [0.29, 0.717) is 41.9 Å². The van der Waals surface area contributed by atoms with Crippen molar-refractivity contribution in [3.8, 4) is 5.75 Å². The van der Waals surface area contributed by atoms with Crippen LogP contribution in [0.1, 0.15) is 53.3 Å². The van der Waals surface area contributed by atoms with Crippen LogP contribution < -0.4 is 21.1 Å². The number of nitrogens with two attached hydrogens (primary N) is 1. The summed E-state index contributed by atoms with van der Waals surface area (Å²) in [6, 6.07) is 13.2. The van der Waals surface area contributed by atoms with E-state index in [2.05, 4.69) is 10.6 Å². The Bertz CT molecular complexity index is 1610. The van der Waals surface area contributed by atoms with Crippen LogP contribution in [-0.2, 0) is 19.4 Å². The summed E-state index contributed by atoms with van der Waals surface area (Å²) in [6.07, 6.45) is 2.17. The molecular formula is C29H31FN4O6S. The van der Waals surface area contributed by atoms with E-state index in [1.165, 1.54) is 56.5 Å². The summed E-state index contributed by atoms with van der Waals surface area (Å²) in [5, 5.41) is 5.81.